The molecule has 0 unspecified atom stereocenters. The van der Waals surface area contributed by atoms with Gasteiger partial charge in [-0.1, -0.05) is 48.2 Å². The van der Waals surface area contributed by atoms with Gasteiger partial charge < -0.3 is 10.1 Å². The smallest absolute Gasteiger partial charge is 0.234 e. The largest absolute Gasteiger partial charge is 0.497 e. The minimum atomic E-state index is -0.0643. The number of imidazole rings is 1. The summed E-state index contributed by atoms with van der Waals surface area (Å²) in [4.78, 5) is 17.3. The molecule has 3 aromatic carbocycles. The molecule has 5 nitrogen and oxygen atoms in total. The quantitative estimate of drug-likeness (QED) is 0.362. The average molecular weight is 444 g/mol. The van der Waals surface area contributed by atoms with Gasteiger partial charge in [0.05, 0.1) is 24.8 Å². The van der Waals surface area contributed by atoms with Gasteiger partial charge in [0.25, 0.3) is 0 Å². The zero-order valence-electron chi connectivity index (χ0n) is 18.3. The highest BCUT2D eigenvalue weighted by atomic mass is 32.2. The van der Waals surface area contributed by atoms with Crippen molar-refractivity contribution in [3.05, 3.63) is 90.1 Å². The van der Waals surface area contributed by atoms with Gasteiger partial charge >= 0.3 is 0 Å². The van der Waals surface area contributed by atoms with Crippen molar-refractivity contribution in [3.8, 4) is 22.7 Å². The number of thioether (sulfide) groups is 1. The first-order valence-corrected chi connectivity index (χ1v) is 11.3. The summed E-state index contributed by atoms with van der Waals surface area (Å²) in [5.74, 6) is 0.983. The van der Waals surface area contributed by atoms with Gasteiger partial charge in [0.1, 0.15) is 5.75 Å². The molecular formula is C26H25N3O2S. The van der Waals surface area contributed by atoms with Crippen LogP contribution in [0.15, 0.2) is 84.1 Å². The van der Waals surface area contributed by atoms with Crippen LogP contribution in [-0.2, 0) is 4.79 Å². The number of hydrogen-bond donors (Lipinski definition) is 1. The number of carbonyl (C=O) groups is 1. The number of aryl methyl sites for hydroxylation is 2. The van der Waals surface area contributed by atoms with E-state index in [1.54, 1.807) is 7.11 Å². The van der Waals surface area contributed by atoms with Crippen molar-refractivity contribution < 1.29 is 9.53 Å². The molecule has 0 fully saturated rings. The minimum Gasteiger partial charge on any atom is -0.497 e. The fourth-order valence-corrected chi connectivity index (χ4v) is 4.40. The number of benzene rings is 3. The molecule has 162 valence electrons. The minimum absolute atomic E-state index is 0.0643. The summed E-state index contributed by atoms with van der Waals surface area (Å²) < 4.78 is 7.37. The Morgan fingerprint density at radius 2 is 1.69 bits per heavy atom. The van der Waals surface area contributed by atoms with Crippen molar-refractivity contribution in [1.82, 2.24) is 9.55 Å². The molecule has 0 radical (unpaired) electrons. The molecule has 0 aliphatic rings. The van der Waals surface area contributed by atoms with Crippen LogP contribution in [0.5, 0.6) is 5.75 Å². The molecule has 0 spiro atoms. The van der Waals surface area contributed by atoms with Crippen molar-refractivity contribution >= 4 is 23.4 Å². The number of rotatable bonds is 7. The topological polar surface area (TPSA) is 56.2 Å². The van der Waals surface area contributed by atoms with E-state index in [-0.39, 0.29) is 11.7 Å². The second-order valence-corrected chi connectivity index (χ2v) is 8.48. The van der Waals surface area contributed by atoms with Gasteiger partial charge in [-0.3, -0.25) is 9.36 Å². The predicted molar refractivity (Wildman–Crippen MR) is 131 cm³/mol. The molecule has 0 atom stereocenters. The lowest BCUT2D eigenvalue weighted by Crippen LogP contribution is -2.14. The summed E-state index contributed by atoms with van der Waals surface area (Å²) in [6.07, 6.45) is 1.85. The third-order valence-electron chi connectivity index (χ3n) is 4.97. The van der Waals surface area contributed by atoms with Gasteiger partial charge in [0.15, 0.2) is 5.16 Å². The van der Waals surface area contributed by atoms with Crippen LogP contribution in [0, 0.1) is 13.8 Å². The van der Waals surface area contributed by atoms with Crippen LogP contribution >= 0.6 is 11.8 Å². The summed E-state index contributed by atoms with van der Waals surface area (Å²) in [6.45, 7) is 4.04. The molecule has 0 saturated carbocycles. The number of carbonyl (C=O) groups excluding carboxylic acids is 1. The molecule has 0 aliphatic carbocycles. The van der Waals surface area contributed by atoms with Gasteiger partial charge in [-0.25, -0.2) is 4.98 Å². The van der Waals surface area contributed by atoms with Crippen molar-refractivity contribution in [2.24, 2.45) is 0 Å². The van der Waals surface area contributed by atoms with Crippen LogP contribution < -0.4 is 10.1 Å². The van der Waals surface area contributed by atoms with E-state index in [0.717, 1.165) is 44.7 Å². The van der Waals surface area contributed by atoms with Gasteiger partial charge in [0, 0.05) is 16.9 Å². The second-order valence-electron chi connectivity index (χ2n) is 7.54. The Morgan fingerprint density at radius 1 is 1.00 bits per heavy atom. The van der Waals surface area contributed by atoms with E-state index in [2.05, 4.69) is 33.1 Å². The summed E-state index contributed by atoms with van der Waals surface area (Å²) in [6, 6.07) is 24.0. The molecule has 1 amide bonds. The number of hydrogen-bond acceptors (Lipinski definition) is 4. The van der Waals surface area contributed by atoms with Crippen LogP contribution in [-0.4, -0.2) is 28.3 Å². The molecule has 0 bridgehead atoms. The summed E-state index contributed by atoms with van der Waals surface area (Å²) in [5.41, 5.74) is 6.04. The van der Waals surface area contributed by atoms with E-state index in [9.17, 15) is 4.79 Å². The Balaban J connectivity index is 1.59. The average Bonchev–Trinajstić information content (AvgIpc) is 3.21. The fourth-order valence-electron chi connectivity index (χ4n) is 3.60. The first kappa shape index (κ1) is 21.7. The maximum absolute atomic E-state index is 12.6. The Labute approximate surface area is 192 Å². The molecule has 4 aromatic rings. The van der Waals surface area contributed by atoms with Gasteiger partial charge in [-0.05, 0) is 61.4 Å². The second kappa shape index (κ2) is 9.75. The molecule has 1 aromatic heterocycles. The van der Waals surface area contributed by atoms with E-state index >= 15 is 0 Å². The Kier molecular flexibility index (Phi) is 6.61. The molecule has 1 heterocycles. The normalized spacial score (nSPS) is 10.7. The van der Waals surface area contributed by atoms with E-state index in [1.807, 2.05) is 74.6 Å². The zero-order chi connectivity index (χ0) is 22.5. The lowest BCUT2D eigenvalue weighted by atomic mass is 10.1. The van der Waals surface area contributed by atoms with E-state index < -0.39 is 0 Å². The van der Waals surface area contributed by atoms with E-state index in [4.69, 9.17) is 4.74 Å². The van der Waals surface area contributed by atoms with E-state index in [1.165, 1.54) is 11.8 Å². The highest BCUT2D eigenvalue weighted by Crippen LogP contribution is 2.30. The highest BCUT2D eigenvalue weighted by Gasteiger charge is 2.16. The van der Waals surface area contributed by atoms with Gasteiger partial charge in [-0.15, -0.1) is 0 Å². The van der Waals surface area contributed by atoms with Crippen LogP contribution in [0.4, 0.5) is 5.69 Å². The highest BCUT2D eigenvalue weighted by molar-refractivity contribution is 7.99. The Hall–Kier alpha value is -3.51. The van der Waals surface area contributed by atoms with Crippen LogP contribution in [0.2, 0.25) is 0 Å². The molecular weight excluding hydrogens is 418 g/mol. The molecule has 32 heavy (non-hydrogen) atoms. The molecule has 0 aliphatic heterocycles. The predicted octanol–water partition coefficient (Wildman–Crippen LogP) is 5.90. The number of aromatic nitrogens is 2. The lowest BCUT2D eigenvalue weighted by molar-refractivity contribution is -0.113. The number of amides is 1. The maximum Gasteiger partial charge on any atom is 0.234 e. The molecule has 1 N–H and O–H groups in total. The maximum atomic E-state index is 12.6. The lowest BCUT2D eigenvalue weighted by Gasteiger charge is -2.13. The first-order valence-electron chi connectivity index (χ1n) is 10.3. The fraction of sp³-hybridized carbons (Fsp3) is 0.154. The Morgan fingerprint density at radius 3 is 2.34 bits per heavy atom. The third kappa shape index (κ3) is 5.03. The van der Waals surface area contributed by atoms with Crippen LogP contribution in [0.25, 0.3) is 16.9 Å². The van der Waals surface area contributed by atoms with Crippen LogP contribution in [0.1, 0.15) is 11.1 Å². The summed E-state index contributed by atoms with van der Waals surface area (Å²) >= 11 is 1.41. The van der Waals surface area contributed by atoms with E-state index in [0.29, 0.717) is 0 Å². The Bertz CT molecular complexity index is 1200. The number of methoxy groups -OCH3 is 1. The molecule has 6 heteroatoms. The third-order valence-corrected chi connectivity index (χ3v) is 5.92. The van der Waals surface area contributed by atoms with Crippen molar-refractivity contribution in [3.63, 3.8) is 0 Å². The van der Waals surface area contributed by atoms with Crippen molar-refractivity contribution in [2.45, 2.75) is 19.0 Å². The van der Waals surface area contributed by atoms with Crippen molar-refractivity contribution in [1.29, 1.82) is 0 Å². The molecule has 0 saturated heterocycles. The number of nitrogens with zero attached hydrogens (tertiary/aromatic N) is 2. The van der Waals surface area contributed by atoms with Gasteiger partial charge in [-0.2, -0.15) is 0 Å². The number of anilines is 1. The monoisotopic (exact) mass is 443 g/mol. The number of ether oxygens (including phenoxy) is 1. The summed E-state index contributed by atoms with van der Waals surface area (Å²) in [7, 11) is 1.65. The standard InChI is InChI=1S/C26H25N3O2S/c1-18-13-19(2)15-21(14-18)28-25(30)17-32-26-27-16-24(20-7-5-4-6-8-20)29(26)22-9-11-23(31-3)12-10-22/h4-16H,17H2,1-3H3,(H,28,30). The SMILES string of the molecule is COc1ccc(-n2c(-c3ccccc3)cnc2SCC(=O)Nc2cc(C)cc(C)c2)cc1. The first-order chi connectivity index (χ1) is 15.5. The van der Waals surface area contributed by atoms with Crippen LogP contribution in [0.3, 0.4) is 0 Å². The van der Waals surface area contributed by atoms with Crippen molar-refractivity contribution in [2.75, 3.05) is 18.2 Å². The zero-order valence-corrected chi connectivity index (χ0v) is 19.1. The summed E-state index contributed by atoms with van der Waals surface area (Å²) in [5, 5.41) is 3.75. The van der Waals surface area contributed by atoms with Gasteiger partial charge in [0.2, 0.25) is 5.91 Å². The molecule has 4 rings (SSSR count). The number of nitrogens with one attached hydrogen (secondary N) is 1.